The van der Waals surface area contributed by atoms with Crippen molar-refractivity contribution in [3.05, 3.63) is 35.4 Å². The minimum atomic E-state index is -5.06. The molecule has 7 heteroatoms. The van der Waals surface area contributed by atoms with E-state index in [4.69, 9.17) is 0 Å². The van der Waals surface area contributed by atoms with Crippen molar-refractivity contribution in [1.29, 1.82) is 0 Å². The van der Waals surface area contributed by atoms with E-state index in [0.717, 1.165) is 5.56 Å². The molecule has 0 heterocycles. The largest absolute Gasteiger partial charge is 0.550 e. The minimum absolute atomic E-state index is 0.271. The monoisotopic (exact) mass is 274 g/mol. The molecule has 1 aromatic carbocycles. The number of alkyl halides is 3. The number of benzene rings is 1. The van der Waals surface area contributed by atoms with Gasteiger partial charge in [-0.2, -0.15) is 13.2 Å². The summed E-state index contributed by atoms with van der Waals surface area (Å²) in [6.45, 7) is 1.77. The van der Waals surface area contributed by atoms with Crippen molar-refractivity contribution in [3.63, 3.8) is 0 Å². The number of hydrogen-bond acceptors (Lipinski definition) is 3. The molecule has 0 radical (unpaired) electrons. The molecule has 19 heavy (non-hydrogen) atoms. The van der Waals surface area contributed by atoms with Crippen LogP contribution in [0.1, 0.15) is 23.6 Å². The lowest BCUT2D eigenvalue weighted by Gasteiger charge is -2.20. The van der Waals surface area contributed by atoms with Crippen LogP contribution in [0.4, 0.5) is 13.2 Å². The molecule has 0 saturated heterocycles. The number of rotatable bonds is 4. The number of aryl methyl sites for hydroxylation is 1. The third-order valence-electron chi connectivity index (χ3n) is 2.41. The van der Waals surface area contributed by atoms with Crippen molar-refractivity contribution >= 4 is 11.9 Å². The molecule has 0 saturated carbocycles. The highest BCUT2D eigenvalue weighted by Gasteiger charge is 2.39. The van der Waals surface area contributed by atoms with Crippen LogP contribution in [0.15, 0.2) is 24.3 Å². The topological polar surface area (TPSA) is 69.2 Å². The second-order valence-corrected chi connectivity index (χ2v) is 4.01. The predicted molar refractivity (Wildman–Crippen MR) is 57.7 cm³/mol. The van der Waals surface area contributed by atoms with Gasteiger partial charge in [0, 0.05) is 12.4 Å². The number of aliphatic carboxylic acids is 1. The Morgan fingerprint density at radius 1 is 1.26 bits per heavy atom. The Labute approximate surface area is 107 Å². The molecule has 1 atom stereocenters. The van der Waals surface area contributed by atoms with Gasteiger partial charge in [0.2, 0.25) is 0 Å². The van der Waals surface area contributed by atoms with Crippen LogP contribution in [-0.4, -0.2) is 18.1 Å². The molecule has 0 aromatic heterocycles. The highest BCUT2D eigenvalue weighted by molar-refractivity contribution is 5.82. The molecule has 0 fully saturated rings. The van der Waals surface area contributed by atoms with Gasteiger partial charge in [0.1, 0.15) is 0 Å². The van der Waals surface area contributed by atoms with Gasteiger partial charge in [-0.05, 0) is 12.5 Å². The summed E-state index contributed by atoms with van der Waals surface area (Å²) in [6, 6.07) is 4.85. The van der Waals surface area contributed by atoms with E-state index in [1.807, 2.05) is 0 Å². The molecule has 0 aliphatic rings. The maximum Gasteiger partial charge on any atom is 0.471 e. The number of carbonyl (C=O) groups is 2. The van der Waals surface area contributed by atoms with Crippen molar-refractivity contribution in [3.8, 4) is 0 Å². The fourth-order valence-electron chi connectivity index (χ4n) is 1.46. The van der Waals surface area contributed by atoms with Crippen LogP contribution in [0.2, 0.25) is 0 Å². The fourth-order valence-corrected chi connectivity index (χ4v) is 1.46. The lowest BCUT2D eigenvalue weighted by atomic mass is 10.0. The standard InChI is InChI=1S/C12H12F3NO3/c1-7-2-4-8(5-3-7)9(6-10(17)18)16-11(19)12(13,14)15/h2-5,9H,6H2,1H3,(H,16,19)(H,17,18)/p-1/t9-/m0/s1. The van der Waals surface area contributed by atoms with Crippen LogP contribution in [0.5, 0.6) is 0 Å². The maximum absolute atomic E-state index is 12.2. The number of hydrogen-bond donors (Lipinski definition) is 1. The first-order chi connectivity index (χ1) is 8.70. The summed E-state index contributed by atoms with van der Waals surface area (Å²) < 4.78 is 36.5. The van der Waals surface area contributed by atoms with Crippen molar-refractivity contribution in [2.24, 2.45) is 0 Å². The molecule has 0 unspecified atom stereocenters. The highest BCUT2D eigenvalue weighted by Crippen LogP contribution is 2.21. The van der Waals surface area contributed by atoms with Gasteiger partial charge in [0.05, 0.1) is 6.04 Å². The summed E-state index contributed by atoms with van der Waals surface area (Å²) in [4.78, 5) is 21.4. The molecule has 0 aliphatic heterocycles. The van der Waals surface area contributed by atoms with Gasteiger partial charge >= 0.3 is 12.1 Å². The SMILES string of the molecule is Cc1ccc([C@H](CC(=O)[O-])NC(=O)C(F)(F)F)cc1. The van der Waals surface area contributed by atoms with Crippen LogP contribution in [0, 0.1) is 6.92 Å². The molecule has 4 nitrogen and oxygen atoms in total. The number of halogens is 3. The molecular weight excluding hydrogens is 263 g/mol. The number of carboxylic acids is 1. The second-order valence-electron chi connectivity index (χ2n) is 4.01. The molecule has 1 amide bonds. The molecule has 104 valence electrons. The van der Waals surface area contributed by atoms with Gasteiger partial charge in [-0.25, -0.2) is 0 Å². The van der Waals surface area contributed by atoms with E-state index in [2.05, 4.69) is 0 Å². The average molecular weight is 274 g/mol. The summed E-state index contributed by atoms with van der Waals surface area (Å²) in [5.41, 5.74) is 1.13. The number of nitrogens with one attached hydrogen (secondary N) is 1. The molecule has 0 bridgehead atoms. The van der Waals surface area contributed by atoms with Crippen LogP contribution in [0.3, 0.4) is 0 Å². The van der Waals surface area contributed by atoms with Crippen molar-refractivity contribution in [1.82, 2.24) is 5.32 Å². The summed E-state index contributed by atoms with van der Waals surface area (Å²) in [7, 11) is 0. The maximum atomic E-state index is 12.2. The number of carboxylic acid groups (broad SMARTS) is 1. The Morgan fingerprint density at radius 3 is 2.21 bits per heavy atom. The first-order valence-electron chi connectivity index (χ1n) is 5.34. The minimum Gasteiger partial charge on any atom is -0.550 e. The predicted octanol–water partition coefficient (Wildman–Crippen LogP) is 0.855. The normalized spacial score (nSPS) is 12.8. The number of amides is 1. The molecular formula is C12H11F3NO3-. The summed E-state index contributed by atoms with van der Waals surface area (Å²) >= 11 is 0. The van der Waals surface area contributed by atoms with Crippen LogP contribution < -0.4 is 10.4 Å². The van der Waals surface area contributed by atoms with E-state index >= 15 is 0 Å². The Hall–Kier alpha value is -2.05. The molecule has 1 N–H and O–H groups in total. The molecule has 1 rings (SSSR count). The smallest absolute Gasteiger partial charge is 0.471 e. The zero-order valence-corrected chi connectivity index (χ0v) is 9.95. The first-order valence-corrected chi connectivity index (χ1v) is 5.34. The summed E-state index contributed by atoms with van der Waals surface area (Å²) in [6.07, 6.45) is -5.79. The van der Waals surface area contributed by atoms with Crippen LogP contribution in [-0.2, 0) is 9.59 Å². The van der Waals surface area contributed by atoms with E-state index in [-0.39, 0.29) is 5.56 Å². The summed E-state index contributed by atoms with van der Waals surface area (Å²) in [5.74, 6) is -3.73. The molecule has 1 aromatic rings. The summed E-state index contributed by atoms with van der Waals surface area (Å²) in [5, 5.41) is 12.2. The Balaban J connectivity index is 2.92. The zero-order valence-electron chi connectivity index (χ0n) is 9.95. The average Bonchev–Trinajstić information content (AvgIpc) is 2.27. The van der Waals surface area contributed by atoms with Gasteiger partial charge in [-0.15, -0.1) is 0 Å². The molecule has 0 spiro atoms. The van der Waals surface area contributed by atoms with Crippen LogP contribution in [0.25, 0.3) is 0 Å². The Bertz CT molecular complexity index is 468. The van der Waals surface area contributed by atoms with Gasteiger partial charge < -0.3 is 15.2 Å². The van der Waals surface area contributed by atoms with Gasteiger partial charge in [-0.1, -0.05) is 29.8 Å². The van der Waals surface area contributed by atoms with Gasteiger partial charge in [0.25, 0.3) is 0 Å². The zero-order chi connectivity index (χ0) is 14.6. The van der Waals surface area contributed by atoms with Gasteiger partial charge in [-0.3, -0.25) is 4.79 Å². The van der Waals surface area contributed by atoms with E-state index in [9.17, 15) is 27.9 Å². The fraction of sp³-hybridized carbons (Fsp3) is 0.333. The Kier molecular flexibility index (Phi) is 4.52. The lowest BCUT2D eigenvalue weighted by Crippen LogP contribution is -2.41. The van der Waals surface area contributed by atoms with Crippen molar-refractivity contribution < 1.29 is 27.9 Å². The van der Waals surface area contributed by atoms with Crippen molar-refractivity contribution in [2.75, 3.05) is 0 Å². The third-order valence-corrected chi connectivity index (χ3v) is 2.41. The lowest BCUT2D eigenvalue weighted by molar-refractivity contribution is -0.306. The van der Waals surface area contributed by atoms with Crippen molar-refractivity contribution in [2.45, 2.75) is 25.6 Å². The second kappa shape index (κ2) is 5.73. The van der Waals surface area contributed by atoms with E-state index in [0.29, 0.717) is 0 Å². The highest BCUT2D eigenvalue weighted by atomic mass is 19.4. The first kappa shape index (κ1) is 15.0. The van der Waals surface area contributed by atoms with Crippen LogP contribution >= 0.6 is 0 Å². The van der Waals surface area contributed by atoms with E-state index in [1.165, 1.54) is 12.1 Å². The number of carbonyl (C=O) groups excluding carboxylic acids is 2. The quantitative estimate of drug-likeness (QED) is 0.885. The van der Waals surface area contributed by atoms with Gasteiger partial charge in [0.15, 0.2) is 0 Å². The molecule has 0 aliphatic carbocycles. The van der Waals surface area contributed by atoms with E-state index in [1.54, 1.807) is 24.4 Å². The third kappa shape index (κ3) is 4.61. The van der Waals surface area contributed by atoms with E-state index < -0.39 is 30.5 Å². The Morgan fingerprint density at radius 2 is 1.79 bits per heavy atom.